The van der Waals surface area contributed by atoms with Gasteiger partial charge in [0, 0.05) is 25.0 Å². The standard InChI is InChI=1S/C16H22N2/c1-13-10-16(8-9-17)11-14(2)18(13)12-15-6-4-3-5-7-15/h3-7,13-14,16H,8,10-12H2,1-2H3/t13-,14+,16?. The molecule has 0 radical (unpaired) electrons. The minimum atomic E-state index is 0.576. The molecule has 0 bridgehead atoms. The molecular weight excluding hydrogens is 220 g/mol. The normalized spacial score (nSPS) is 28.8. The largest absolute Gasteiger partial charge is 0.294 e. The van der Waals surface area contributed by atoms with Crippen LogP contribution in [0, 0.1) is 17.2 Å². The van der Waals surface area contributed by atoms with E-state index in [1.165, 1.54) is 5.56 Å². The highest BCUT2D eigenvalue weighted by molar-refractivity contribution is 5.15. The van der Waals surface area contributed by atoms with Gasteiger partial charge in [-0.05, 0) is 38.2 Å². The monoisotopic (exact) mass is 242 g/mol. The van der Waals surface area contributed by atoms with E-state index in [1.807, 2.05) is 0 Å². The summed E-state index contributed by atoms with van der Waals surface area (Å²) >= 11 is 0. The van der Waals surface area contributed by atoms with E-state index in [4.69, 9.17) is 5.26 Å². The predicted octanol–water partition coefficient (Wildman–Crippen LogP) is 3.59. The average Bonchev–Trinajstić information content (AvgIpc) is 2.36. The molecule has 1 aliphatic rings. The number of nitriles is 1. The number of hydrogen-bond donors (Lipinski definition) is 0. The minimum absolute atomic E-state index is 0.576. The fourth-order valence-electron chi connectivity index (χ4n) is 3.17. The Bertz CT molecular complexity index is 395. The third-order valence-corrected chi connectivity index (χ3v) is 4.07. The smallest absolute Gasteiger partial charge is 0.0624 e. The third-order valence-electron chi connectivity index (χ3n) is 4.07. The molecule has 2 nitrogen and oxygen atoms in total. The van der Waals surface area contributed by atoms with Crippen molar-refractivity contribution in [2.45, 2.75) is 51.7 Å². The van der Waals surface area contributed by atoms with Crippen molar-refractivity contribution < 1.29 is 0 Å². The second-order valence-corrected chi connectivity index (χ2v) is 5.56. The molecular formula is C16H22N2. The first-order valence-electron chi connectivity index (χ1n) is 6.87. The zero-order chi connectivity index (χ0) is 13.0. The Labute approximate surface area is 110 Å². The highest BCUT2D eigenvalue weighted by atomic mass is 15.2. The molecule has 0 aliphatic carbocycles. The summed E-state index contributed by atoms with van der Waals surface area (Å²) in [7, 11) is 0. The molecule has 2 heteroatoms. The maximum atomic E-state index is 8.83. The fraction of sp³-hybridized carbons (Fsp3) is 0.562. The summed E-state index contributed by atoms with van der Waals surface area (Å²) in [6.07, 6.45) is 3.03. The van der Waals surface area contributed by atoms with Gasteiger partial charge in [-0.2, -0.15) is 5.26 Å². The topological polar surface area (TPSA) is 27.0 Å². The molecule has 1 saturated heterocycles. The molecule has 96 valence electrons. The van der Waals surface area contributed by atoms with Crippen molar-refractivity contribution in [1.29, 1.82) is 5.26 Å². The van der Waals surface area contributed by atoms with E-state index < -0.39 is 0 Å². The van der Waals surface area contributed by atoms with Crippen LogP contribution in [0.4, 0.5) is 0 Å². The van der Waals surface area contributed by atoms with E-state index >= 15 is 0 Å². The van der Waals surface area contributed by atoms with E-state index in [2.05, 4.69) is 55.1 Å². The maximum absolute atomic E-state index is 8.83. The molecule has 0 amide bonds. The van der Waals surface area contributed by atoms with E-state index in [-0.39, 0.29) is 0 Å². The van der Waals surface area contributed by atoms with Gasteiger partial charge in [0.1, 0.15) is 0 Å². The molecule has 1 aromatic carbocycles. The lowest BCUT2D eigenvalue weighted by molar-refractivity contribution is 0.0641. The van der Waals surface area contributed by atoms with Gasteiger partial charge in [0.25, 0.3) is 0 Å². The van der Waals surface area contributed by atoms with Crippen LogP contribution in [0.1, 0.15) is 38.7 Å². The van der Waals surface area contributed by atoms with Crippen LogP contribution in [0.5, 0.6) is 0 Å². The van der Waals surface area contributed by atoms with Crippen LogP contribution in [-0.2, 0) is 6.54 Å². The Kier molecular flexibility index (Phi) is 4.38. The van der Waals surface area contributed by atoms with Crippen LogP contribution >= 0.6 is 0 Å². The molecule has 1 fully saturated rings. The fourth-order valence-corrected chi connectivity index (χ4v) is 3.17. The first-order chi connectivity index (χ1) is 8.70. The Morgan fingerprint density at radius 3 is 2.33 bits per heavy atom. The summed E-state index contributed by atoms with van der Waals surface area (Å²) in [5.74, 6) is 0.590. The number of nitrogens with zero attached hydrogens (tertiary/aromatic N) is 2. The zero-order valence-electron chi connectivity index (χ0n) is 11.3. The lowest BCUT2D eigenvalue weighted by atomic mass is 9.85. The first-order valence-corrected chi connectivity index (χ1v) is 6.87. The summed E-state index contributed by atoms with van der Waals surface area (Å²) < 4.78 is 0. The number of benzene rings is 1. The Hall–Kier alpha value is -1.33. The second kappa shape index (κ2) is 6.02. The maximum Gasteiger partial charge on any atom is 0.0624 e. The molecule has 1 heterocycles. The van der Waals surface area contributed by atoms with Crippen LogP contribution in [-0.4, -0.2) is 17.0 Å². The summed E-state index contributed by atoms with van der Waals surface area (Å²) in [5, 5.41) is 8.83. The van der Waals surface area contributed by atoms with Crippen molar-refractivity contribution in [3.63, 3.8) is 0 Å². The lowest BCUT2D eigenvalue weighted by Crippen LogP contribution is -2.45. The van der Waals surface area contributed by atoms with Gasteiger partial charge in [-0.1, -0.05) is 30.3 Å². The molecule has 0 saturated carbocycles. The Morgan fingerprint density at radius 1 is 1.17 bits per heavy atom. The van der Waals surface area contributed by atoms with Gasteiger partial charge >= 0.3 is 0 Å². The van der Waals surface area contributed by atoms with Gasteiger partial charge in [-0.15, -0.1) is 0 Å². The quantitative estimate of drug-likeness (QED) is 0.810. The molecule has 1 aliphatic heterocycles. The van der Waals surface area contributed by atoms with Crippen LogP contribution in [0.25, 0.3) is 0 Å². The van der Waals surface area contributed by atoms with Gasteiger partial charge < -0.3 is 0 Å². The molecule has 1 aromatic rings. The van der Waals surface area contributed by atoms with Gasteiger partial charge in [0.2, 0.25) is 0 Å². The highest BCUT2D eigenvalue weighted by Crippen LogP contribution is 2.30. The number of rotatable bonds is 3. The van der Waals surface area contributed by atoms with E-state index in [1.54, 1.807) is 0 Å². The van der Waals surface area contributed by atoms with Crippen LogP contribution in [0.3, 0.4) is 0 Å². The summed E-state index contributed by atoms with van der Waals surface area (Å²) in [6.45, 7) is 5.62. The van der Waals surface area contributed by atoms with Crippen molar-refractivity contribution in [3.8, 4) is 6.07 Å². The number of likely N-dealkylation sites (tertiary alicyclic amines) is 1. The van der Waals surface area contributed by atoms with Crippen molar-refractivity contribution in [3.05, 3.63) is 35.9 Å². The molecule has 0 spiro atoms. The summed E-state index contributed by atoms with van der Waals surface area (Å²) in [6, 6.07) is 14.1. The molecule has 2 rings (SSSR count). The highest BCUT2D eigenvalue weighted by Gasteiger charge is 2.30. The Morgan fingerprint density at radius 2 is 1.78 bits per heavy atom. The lowest BCUT2D eigenvalue weighted by Gasteiger charge is -2.42. The van der Waals surface area contributed by atoms with Crippen molar-refractivity contribution in [2.24, 2.45) is 5.92 Å². The zero-order valence-corrected chi connectivity index (χ0v) is 11.3. The molecule has 1 unspecified atom stereocenters. The first kappa shape index (κ1) is 13.1. The van der Waals surface area contributed by atoms with Gasteiger partial charge in [0.05, 0.1) is 6.07 Å². The van der Waals surface area contributed by atoms with Crippen molar-refractivity contribution in [2.75, 3.05) is 0 Å². The Balaban J connectivity index is 2.00. The van der Waals surface area contributed by atoms with Crippen LogP contribution in [0.15, 0.2) is 30.3 Å². The summed E-state index contributed by atoms with van der Waals surface area (Å²) in [5.41, 5.74) is 1.38. The van der Waals surface area contributed by atoms with Crippen molar-refractivity contribution >= 4 is 0 Å². The molecule has 0 aromatic heterocycles. The van der Waals surface area contributed by atoms with Gasteiger partial charge in [0.15, 0.2) is 0 Å². The van der Waals surface area contributed by atoms with E-state index in [0.717, 1.165) is 19.4 Å². The van der Waals surface area contributed by atoms with E-state index in [0.29, 0.717) is 24.4 Å². The molecule has 18 heavy (non-hydrogen) atoms. The predicted molar refractivity (Wildman–Crippen MR) is 73.9 cm³/mol. The number of hydrogen-bond acceptors (Lipinski definition) is 2. The second-order valence-electron chi connectivity index (χ2n) is 5.56. The third kappa shape index (κ3) is 3.11. The van der Waals surface area contributed by atoms with Crippen molar-refractivity contribution in [1.82, 2.24) is 4.90 Å². The number of piperidine rings is 1. The molecule has 3 atom stereocenters. The van der Waals surface area contributed by atoms with Gasteiger partial charge in [-0.3, -0.25) is 4.90 Å². The van der Waals surface area contributed by atoms with Gasteiger partial charge in [-0.25, -0.2) is 0 Å². The van der Waals surface area contributed by atoms with Crippen LogP contribution in [0.2, 0.25) is 0 Å². The van der Waals surface area contributed by atoms with Crippen LogP contribution < -0.4 is 0 Å². The SMILES string of the molecule is C[C@@H]1CC(CC#N)C[C@H](C)N1Cc1ccccc1. The summed E-state index contributed by atoms with van der Waals surface area (Å²) in [4.78, 5) is 2.57. The average molecular weight is 242 g/mol. The molecule has 0 N–H and O–H groups in total. The minimum Gasteiger partial charge on any atom is -0.294 e. The van der Waals surface area contributed by atoms with E-state index in [9.17, 15) is 0 Å².